The van der Waals surface area contributed by atoms with Gasteiger partial charge in [-0.3, -0.25) is 14.4 Å². The van der Waals surface area contributed by atoms with Crippen LogP contribution in [0.2, 0.25) is 5.02 Å². The summed E-state index contributed by atoms with van der Waals surface area (Å²) in [6.07, 6.45) is 0. The number of nitrogens with one attached hydrogen (secondary N) is 3. The number of halogens is 1. The molecule has 0 aliphatic heterocycles. The number of thiazole rings is 1. The Kier molecular flexibility index (Phi) is 7.61. The first kappa shape index (κ1) is 23.4. The van der Waals surface area contributed by atoms with E-state index in [1.165, 1.54) is 18.3 Å². The van der Waals surface area contributed by atoms with Crippen molar-refractivity contribution in [3.05, 3.63) is 64.5 Å². The molecular weight excluding hydrogens is 448 g/mol. The molecular formula is C23H23ClN4O3S. The second-order valence-corrected chi connectivity index (χ2v) is 8.73. The van der Waals surface area contributed by atoms with Crippen LogP contribution < -0.4 is 16.0 Å². The summed E-state index contributed by atoms with van der Waals surface area (Å²) in [7, 11) is 0. The third-order valence-corrected chi connectivity index (χ3v) is 5.68. The normalized spacial score (nSPS) is 11.7. The van der Waals surface area contributed by atoms with Crippen LogP contribution in [0.4, 0.5) is 10.8 Å². The highest BCUT2D eigenvalue weighted by atomic mass is 35.5. The molecule has 0 saturated carbocycles. The van der Waals surface area contributed by atoms with Crippen molar-refractivity contribution >= 4 is 51.5 Å². The predicted molar refractivity (Wildman–Crippen MR) is 128 cm³/mol. The Bertz CT molecular complexity index is 1130. The summed E-state index contributed by atoms with van der Waals surface area (Å²) in [5, 5.41) is 10.8. The summed E-state index contributed by atoms with van der Waals surface area (Å²) >= 11 is 7.38. The van der Waals surface area contributed by atoms with Crippen LogP contribution in [-0.4, -0.2) is 28.7 Å². The van der Waals surface area contributed by atoms with Crippen LogP contribution in [0.3, 0.4) is 0 Å². The Morgan fingerprint density at radius 2 is 1.69 bits per heavy atom. The van der Waals surface area contributed by atoms with Crippen LogP contribution >= 0.6 is 22.9 Å². The van der Waals surface area contributed by atoms with E-state index in [-0.39, 0.29) is 17.7 Å². The fourth-order valence-corrected chi connectivity index (χ4v) is 3.92. The largest absolute Gasteiger partial charge is 0.340 e. The number of rotatable bonds is 7. The Morgan fingerprint density at radius 3 is 2.31 bits per heavy atom. The van der Waals surface area contributed by atoms with E-state index >= 15 is 0 Å². The lowest BCUT2D eigenvalue weighted by Gasteiger charge is -2.21. The maximum atomic E-state index is 12.9. The van der Waals surface area contributed by atoms with Crippen LogP contribution in [0.1, 0.15) is 31.1 Å². The van der Waals surface area contributed by atoms with Gasteiger partial charge in [-0.15, -0.1) is 11.3 Å². The molecule has 3 aromatic rings. The average Bonchev–Trinajstić information content (AvgIpc) is 3.20. The lowest BCUT2D eigenvalue weighted by molar-refractivity contribution is -0.119. The van der Waals surface area contributed by atoms with Crippen molar-refractivity contribution in [2.24, 2.45) is 5.92 Å². The molecule has 1 aromatic heterocycles. The van der Waals surface area contributed by atoms with Crippen molar-refractivity contribution in [1.82, 2.24) is 10.3 Å². The molecule has 0 aliphatic carbocycles. The van der Waals surface area contributed by atoms with Crippen LogP contribution in [0.25, 0.3) is 11.3 Å². The second kappa shape index (κ2) is 10.4. The molecule has 166 valence electrons. The highest BCUT2D eigenvalue weighted by Crippen LogP contribution is 2.26. The Morgan fingerprint density at radius 1 is 1.00 bits per heavy atom. The molecule has 1 heterocycles. The van der Waals surface area contributed by atoms with Gasteiger partial charge in [0.2, 0.25) is 11.8 Å². The van der Waals surface area contributed by atoms with E-state index in [2.05, 4.69) is 20.9 Å². The van der Waals surface area contributed by atoms with Crippen molar-refractivity contribution in [2.45, 2.75) is 26.8 Å². The molecule has 32 heavy (non-hydrogen) atoms. The van der Waals surface area contributed by atoms with E-state index in [1.807, 2.05) is 31.4 Å². The van der Waals surface area contributed by atoms with Gasteiger partial charge in [0.05, 0.1) is 16.3 Å². The molecule has 7 nitrogen and oxygen atoms in total. The zero-order valence-corrected chi connectivity index (χ0v) is 19.4. The van der Waals surface area contributed by atoms with Crippen LogP contribution in [0, 0.1) is 5.92 Å². The highest BCUT2D eigenvalue weighted by Gasteiger charge is 2.26. The average molecular weight is 471 g/mol. The monoisotopic (exact) mass is 470 g/mol. The number of aromatic nitrogens is 1. The van der Waals surface area contributed by atoms with E-state index in [9.17, 15) is 14.4 Å². The van der Waals surface area contributed by atoms with Gasteiger partial charge in [-0.25, -0.2) is 4.98 Å². The number of hydrogen-bond donors (Lipinski definition) is 3. The molecule has 0 fully saturated rings. The maximum absolute atomic E-state index is 12.9. The zero-order chi connectivity index (χ0) is 23.3. The first-order valence-electron chi connectivity index (χ1n) is 9.94. The number of nitrogens with zero attached hydrogens (tertiary/aromatic N) is 1. The first-order chi connectivity index (χ1) is 15.2. The van der Waals surface area contributed by atoms with Crippen LogP contribution in [0.15, 0.2) is 53.9 Å². The molecule has 0 saturated heterocycles. The van der Waals surface area contributed by atoms with E-state index in [0.29, 0.717) is 27.1 Å². The standard InChI is InChI=1S/C23H23ClN4O3S/c1-13(2)20(27-21(30)17-6-4-5-7-18(17)24)22(31)28-23-26-19(12-32-23)15-8-10-16(11-9-15)25-14(3)29/h4-13,20H,1-3H3,(H,25,29)(H,27,30)(H,26,28,31)/t20-/m1/s1. The molecule has 0 spiro atoms. The molecule has 0 radical (unpaired) electrons. The molecule has 1 atom stereocenters. The van der Waals surface area contributed by atoms with Gasteiger partial charge in [0.25, 0.3) is 5.91 Å². The molecule has 2 aromatic carbocycles. The van der Waals surface area contributed by atoms with Crippen molar-refractivity contribution < 1.29 is 14.4 Å². The summed E-state index contributed by atoms with van der Waals surface area (Å²) in [6, 6.07) is 13.2. The smallest absolute Gasteiger partial charge is 0.253 e. The van der Waals surface area contributed by atoms with E-state index in [1.54, 1.807) is 36.4 Å². The molecule has 0 aliphatic rings. The molecule has 3 amide bonds. The summed E-state index contributed by atoms with van der Waals surface area (Å²) in [6.45, 7) is 5.15. The quantitative estimate of drug-likeness (QED) is 0.461. The van der Waals surface area contributed by atoms with Gasteiger partial charge in [0, 0.05) is 23.6 Å². The zero-order valence-electron chi connectivity index (χ0n) is 17.8. The van der Waals surface area contributed by atoms with Gasteiger partial charge in [-0.05, 0) is 30.2 Å². The third-order valence-electron chi connectivity index (χ3n) is 4.59. The number of hydrogen-bond acceptors (Lipinski definition) is 5. The Labute approximate surface area is 195 Å². The van der Waals surface area contributed by atoms with Crippen LogP contribution in [-0.2, 0) is 9.59 Å². The molecule has 9 heteroatoms. The van der Waals surface area contributed by atoms with Crippen LogP contribution in [0.5, 0.6) is 0 Å². The van der Waals surface area contributed by atoms with Gasteiger partial charge >= 0.3 is 0 Å². The third kappa shape index (κ3) is 5.93. The lowest BCUT2D eigenvalue weighted by atomic mass is 10.0. The second-order valence-electron chi connectivity index (χ2n) is 7.46. The van der Waals surface area contributed by atoms with E-state index in [4.69, 9.17) is 11.6 Å². The summed E-state index contributed by atoms with van der Waals surface area (Å²) < 4.78 is 0. The van der Waals surface area contributed by atoms with Crippen molar-refractivity contribution in [2.75, 3.05) is 10.6 Å². The molecule has 3 N–H and O–H groups in total. The fraction of sp³-hybridized carbons (Fsp3) is 0.217. The number of amides is 3. The predicted octanol–water partition coefficient (Wildman–Crippen LogP) is 4.82. The molecule has 0 unspecified atom stereocenters. The minimum absolute atomic E-state index is 0.141. The minimum atomic E-state index is -0.761. The number of benzene rings is 2. The van der Waals surface area contributed by atoms with Gasteiger partial charge in [0.15, 0.2) is 5.13 Å². The van der Waals surface area contributed by atoms with Crippen molar-refractivity contribution in [1.29, 1.82) is 0 Å². The highest BCUT2D eigenvalue weighted by molar-refractivity contribution is 7.14. The van der Waals surface area contributed by atoms with Gasteiger partial charge in [-0.1, -0.05) is 49.7 Å². The summed E-state index contributed by atoms with van der Waals surface area (Å²) in [4.78, 5) is 41.1. The molecule has 3 rings (SSSR count). The van der Waals surface area contributed by atoms with E-state index < -0.39 is 11.9 Å². The number of carbonyl (C=O) groups is 3. The number of carbonyl (C=O) groups excluding carboxylic acids is 3. The van der Waals surface area contributed by atoms with Crippen molar-refractivity contribution in [3.8, 4) is 11.3 Å². The summed E-state index contributed by atoms with van der Waals surface area (Å²) in [5.74, 6) is -1.06. The SMILES string of the molecule is CC(=O)Nc1ccc(-c2csc(NC(=O)[C@H](NC(=O)c3ccccc3Cl)C(C)C)n2)cc1. The Balaban J connectivity index is 1.68. The minimum Gasteiger partial charge on any atom is -0.340 e. The summed E-state index contributed by atoms with van der Waals surface area (Å²) in [5.41, 5.74) is 2.55. The number of anilines is 2. The van der Waals surface area contributed by atoms with Gasteiger partial charge in [-0.2, -0.15) is 0 Å². The van der Waals surface area contributed by atoms with E-state index in [0.717, 1.165) is 5.56 Å². The van der Waals surface area contributed by atoms with Crippen molar-refractivity contribution in [3.63, 3.8) is 0 Å². The lowest BCUT2D eigenvalue weighted by Crippen LogP contribution is -2.47. The Hall–Kier alpha value is -3.23. The van der Waals surface area contributed by atoms with Gasteiger partial charge < -0.3 is 16.0 Å². The van der Waals surface area contributed by atoms with Gasteiger partial charge in [0.1, 0.15) is 6.04 Å². The fourth-order valence-electron chi connectivity index (χ4n) is 2.97. The molecule has 0 bridgehead atoms. The maximum Gasteiger partial charge on any atom is 0.253 e. The topological polar surface area (TPSA) is 100 Å². The first-order valence-corrected chi connectivity index (χ1v) is 11.2.